The van der Waals surface area contributed by atoms with Crippen LogP contribution in [-0.4, -0.2) is 5.11 Å². The van der Waals surface area contributed by atoms with Crippen molar-refractivity contribution in [2.24, 2.45) is 0 Å². The van der Waals surface area contributed by atoms with E-state index in [1.165, 1.54) is 0 Å². The molecule has 56 valence electrons. The average Bonchev–Trinajstić information content (AvgIpc) is 2.56. The Morgan fingerprint density at radius 3 is 2.50 bits per heavy atom. The normalized spacial score (nSPS) is 11.0. The van der Waals surface area contributed by atoms with E-state index in [0.29, 0.717) is 5.56 Å². The molecule has 2 nitrogen and oxygen atoms in total. The molecule has 0 unspecified atom stereocenters. The van der Waals surface area contributed by atoms with Gasteiger partial charge < -0.3 is 5.11 Å². The second-order valence-electron chi connectivity index (χ2n) is 2.55. The molecule has 0 saturated carbocycles. The molecule has 1 rings (SSSR count). The second kappa shape index (κ2) is 2.97. The summed E-state index contributed by atoms with van der Waals surface area (Å²) in [6.07, 6.45) is 3.03. The average molecular weight is 140 g/mol. The van der Waals surface area contributed by atoms with Crippen LogP contribution in [0.2, 0.25) is 0 Å². The highest BCUT2D eigenvalue weighted by Crippen LogP contribution is 2.11. The van der Waals surface area contributed by atoms with Crippen molar-refractivity contribution in [3.8, 4) is 0 Å². The van der Waals surface area contributed by atoms with Gasteiger partial charge in [0.05, 0.1) is 6.61 Å². The maximum Gasteiger partial charge on any atom is 0.188 e. The number of unbranched alkanes of at least 4 members (excludes halogenated alkanes) is 1. The fourth-order valence-corrected chi connectivity index (χ4v) is 1.03. The molecule has 0 amide bonds. The minimum Gasteiger partial charge on any atom is -0.392 e. The Hall–Kier alpha value is -0.630. The third kappa shape index (κ3) is 1.27. The monoisotopic (exact) mass is 140 g/mol. The van der Waals surface area contributed by atoms with Gasteiger partial charge in [-0.25, -0.2) is 0 Å². The summed E-state index contributed by atoms with van der Waals surface area (Å²) in [5.74, 6) is 0. The molecule has 0 atom stereocenters. The van der Waals surface area contributed by atoms with Gasteiger partial charge in [0.25, 0.3) is 0 Å². The van der Waals surface area contributed by atoms with Gasteiger partial charge in [-0.2, -0.15) is 0 Å². The van der Waals surface area contributed by atoms with Crippen molar-refractivity contribution in [3.05, 3.63) is 21.4 Å². The zero-order valence-electron chi connectivity index (χ0n) is 6.18. The van der Waals surface area contributed by atoms with Gasteiger partial charge in [-0.3, -0.25) is 4.79 Å². The second-order valence-corrected chi connectivity index (χ2v) is 2.55. The summed E-state index contributed by atoms with van der Waals surface area (Å²) in [7, 11) is 0. The van der Waals surface area contributed by atoms with Crippen LogP contribution in [0.15, 0.2) is 4.79 Å². The van der Waals surface area contributed by atoms with E-state index in [-0.39, 0.29) is 12.0 Å². The molecule has 0 radical (unpaired) electrons. The number of rotatable bonds is 4. The summed E-state index contributed by atoms with van der Waals surface area (Å²) in [5, 5.41) is 8.57. The highest BCUT2D eigenvalue weighted by atomic mass is 16.3. The Morgan fingerprint density at radius 1 is 1.40 bits per heavy atom. The molecule has 2 heteroatoms. The summed E-state index contributed by atoms with van der Waals surface area (Å²) in [5.41, 5.74) is 1.65. The third-order valence-electron chi connectivity index (χ3n) is 1.79. The van der Waals surface area contributed by atoms with Crippen molar-refractivity contribution in [1.82, 2.24) is 0 Å². The van der Waals surface area contributed by atoms with Crippen LogP contribution in [0.1, 0.15) is 30.9 Å². The molecule has 1 aromatic carbocycles. The number of hydrogen-bond donors (Lipinski definition) is 1. The largest absolute Gasteiger partial charge is 0.392 e. The zero-order chi connectivity index (χ0) is 7.56. The molecule has 0 fully saturated rings. The van der Waals surface area contributed by atoms with Gasteiger partial charge in [0.1, 0.15) is 0 Å². The quantitative estimate of drug-likeness (QED) is 0.670. The molecule has 0 spiro atoms. The lowest BCUT2D eigenvalue weighted by atomic mass is 10.2. The fourth-order valence-electron chi connectivity index (χ4n) is 1.03. The minimum atomic E-state index is -0.0577. The topological polar surface area (TPSA) is 37.3 Å². The van der Waals surface area contributed by atoms with Crippen LogP contribution in [0.25, 0.3) is 0 Å². The lowest BCUT2D eigenvalue weighted by Gasteiger charge is -1.85. The van der Waals surface area contributed by atoms with Gasteiger partial charge in [0, 0.05) is 11.1 Å². The summed E-state index contributed by atoms with van der Waals surface area (Å²) < 4.78 is 0. The van der Waals surface area contributed by atoms with E-state index < -0.39 is 0 Å². The molecular formula is C8H12O2. The first-order valence-corrected chi connectivity index (χ1v) is 3.68. The SMILES string of the molecule is CCCCc1c(CO)c1=O. The third-order valence-corrected chi connectivity index (χ3v) is 1.79. The van der Waals surface area contributed by atoms with Crippen LogP contribution in [0, 0.1) is 0 Å². The Kier molecular flexibility index (Phi) is 2.22. The van der Waals surface area contributed by atoms with Crippen LogP contribution in [0.4, 0.5) is 0 Å². The van der Waals surface area contributed by atoms with Crippen LogP contribution >= 0.6 is 0 Å². The minimum absolute atomic E-state index is 0.0577. The Morgan fingerprint density at radius 2 is 2.10 bits per heavy atom. The van der Waals surface area contributed by atoms with E-state index in [9.17, 15) is 4.79 Å². The lowest BCUT2D eigenvalue weighted by Crippen LogP contribution is -1.82. The van der Waals surface area contributed by atoms with Gasteiger partial charge in [-0.05, 0) is 12.8 Å². The van der Waals surface area contributed by atoms with E-state index in [1.807, 2.05) is 0 Å². The summed E-state index contributed by atoms with van der Waals surface area (Å²) in [4.78, 5) is 10.7. The molecule has 0 saturated heterocycles. The van der Waals surface area contributed by atoms with Gasteiger partial charge in [-0.1, -0.05) is 13.3 Å². The highest BCUT2D eigenvalue weighted by Gasteiger charge is 2.19. The highest BCUT2D eigenvalue weighted by molar-refractivity contribution is 5.38. The molecule has 0 aliphatic carbocycles. The van der Waals surface area contributed by atoms with Crippen LogP contribution < -0.4 is 5.43 Å². The van der Waals surface area contributed by atoms with Crippen LogP contribution in [0.5, 0.6) is 0 Å². The van der Waals surface area contributed by atoms with Gasteiger partial charge in [-0.15, -0.1) is 0 Å². The molecule has 1 aromatic rings. The van der Waals surface area contributed by atoms with Gasteiger partial charge in [0.15, 0.2) is 5.43 Å². The fraction of sp³-hybridized carbons (Fsp3) is 0.625. The first-order chi connectivity index (χ1) is 4.81. The molecule has 10 heavy (non-hydrogen) atoms. The molecule has 1 N–H and O–H groups in total. The van der Waals surface area contributed by atoms with E-state index >= 15 is 0 Å². The van der Waals surface area contributed by atoms with Crippen molar-refractivity contribution in [3.63, 3.8) is 0 Å². The first-order valence-electron chi connectivity index (χ1n) is 3.68. The number of aliphatic hydroxyl groups is 1. The number of aliphatic hydroxyl groups excluding tert-OH is 1. The van der Waals surface area contributed by atoms with Crippen LogP contribution in [-0.2, 0) is 13.0 Å². The van der Waals surface area contributed by atoms with Crippen molar-refractivity contribution in [2.75, 3.05) is 0 Å². The van der Waals surface area contributed by atoms with Crippen molar-refractivity contribution >= 4 is 0 Å². The van der Waals surface area contributed by atoms with Gasteiger partial charge in [0.2, 0.25) is 0 Å². The summed E-state index contributed by atoms with van der Waals surface area (Å²) >= 11 is 0. The molecule has 0 aromatic heterocycles. The summed E-state index contributed by atoms with van der Waals surface area (Å²) in [6.45, 7) is 2.03. The molecule has 0 heterocycles. The smallest absolute Gasteiger partial charge is 0.188 e. The predicted molar refractivity (Wildman–Crippen MR) is 39.6 cm³/mol. The van der Waals surface area contributed by atoms with Crippen molar-refractivity contribution < 1.29 is 5.11 Å². The van der Waals surface area contributed by atoms with E-state index in [4.69, 9.17) is 5.11 Å². The van der Waals surface area contributed by atoms with Crippen molar-refractivity contribution in [2.45, 2.75) is 32.8 Å². The van der Waals surface area contributed by atoms with Crippen molar-refractivity contribution in [1.29, 1.82) is 0 Å². The standard InChI is InChI=1S/C8H12O2/c1-2-3-4-6-7(5-9)8(6)10/h9H,2-5H2,1H3. The Bertz CT molecular complexity index is 219. The molecule has 0 bridgehead atoms. The van der Waals surface area contributed by atoms with Gasteiger partial charge >= 0.3 is 0 Å². The maximum atomic E-state index is 10.7. The Labute approximate surface area is 60.2 Å². The maximum absolute atomic E-state index is 10.7. The summed E-state index contributed by atoms with van der Waals surface area (Å²) in [6, 6.07) is 0. The number of hydrogen-bond acceptors (Lipinski definition) is 2. The molecule has 0 aliphatic heterocycles. The lowest BCUT2D eigenvalue weighted by molar-refractivity contribution is 0.284. The predicted octanol–water partition coefficient (Wildman–Crippen LogP) is 0.757. The Balaban J connectivity index is 2.37. The molecular weight excluding hydrogens is 128 g/mol. The molecule has 0 aliphatic rings. The van der Waals surface area contributed by atoms with E-state index in [1.54, 1.807) is 0 Å². The van der Waals surface area contributed by atoms with E-state index in [2.05, 4.69) is 6.92 Å². The van der Waals surface area contributed by atoms with E-state index in [0.717, 1.165) is 24.8 Å². The van der Waals surface area contributed by atoms with Crippen LogP contribution in [0.3, 0.4) is 0 Å². The first kappa shape index (κ1) is 7.48. The zero-order valence-corrected chi connectivity index (χ0v) is 6.18.